The fraction of sp³-hybridized carbons (Fsp3) is 0.133. The SMILES string of the molecule is CCOP(=O)(c1ccc(NC(=O)OCc2ccccc2)cc1)c1ccc(NC(=O)OCc2ccccc2)cc1. The van der Waals surface area contributed by atoms with Gasteiger partial charge in [-0.1, -0.05) is 60.7 Å². The summed E-state index contributed by atoms with van der Waals surface area (Å²) < 4.78 is 30.2. The number of benzene rings is 4. The van der Waals surface area contributed by atoms with Gasteiger partial charge in [-0.3, -0.25) is 15.2 Å². The lowest BCUT2D eigenvalue weighted by Gasteiger charge is -2.19. The molecular weight excluding hydrogens is 515 g/mol. The van der Waals surface area contributed by atoms with Gasteiger partial charge in [-0.25, -0.2) is 9.59 Å². The van der Waals surface area contributed by atoms with Crippen LogP contribution in [0.3, 0.4) is 0 Å². The molecule has 8 nitrogen and oxygen atoms in total. The molecule has 0 aromatic heterocycles. The first-order valence-electron chi connectivity index (χ1n) is 12.4. The normalized spacial score (nSPS) is 10.9. The predicted molar refractivity (Wildman–Crippen MR) is 152 cm³/mol. The Labute approximate surface area is 227 Å². The molecule has 0 unspecified atom stereocenters. The van der Waals surface area contributed by atoms with E-state index in [1.165, 1.54) is 0 Å². The number of rotatable bonds is 10. The highest BCUT2D eigenvalue weighted by Crippen LogP contribution is 2.44. The minimum absolute atomic E-state index is 0.153. The Bertz CT molecular complexity index is 1310. The van der Waals surface area contributed by atoms with Crippen LogP contribution in [0.25, 0.3) is 0 Å². The van der Waals surface area contributed by atoms with Crippen molar-refractivity contribution in [3.63, 3.8) is 0 Å². The number of amides is 2. The molecule has 2 amide bonds. The van der Waals surface area contributed by atoms with Gasteiger partial charge in [0.15, 0.2) is 0 Å². The Balaban J connectivity index is 1.37. The van der Waals surface area contributed by atoms with Crippen LogP contribution in [0.5, 0.6) is 0 Å². The minimum atomic E-state index is -3.43. The van der Waals surface area contributed by atoms with Crippen LogP contribution in [0.4, 0.5) is 21.0 Å². The number of nitrogens with one attached hydrogen (secondary N) is 2. The maximum atomic E-state index is 14.0. The molecule has 0 aliphatic heterocycles. The number of hydrogen-bond acceptors (Lipinski definition) is 6. The molecule has 0 saturated carbocycles. The third-order valence-electron chi connectivity index (χ3n) is 5.64. The third-order valence-corrected chi connectivity index (χ3v) is 8.22. The van der Waals surface area contributed by atoms with Crippen molar-refractivity contribution >= 4 is 41.5 Å². The Morgan fingerprint density at radius 3 is 1.36 bits per heavy atom. The topological polar surface area (TPSA) is 103 Å². The Hall–Kier alpha value is -4.39. The molecule has 0 spiro atoms. The van der Waals surface area contributed by atoms with E-state index in [4.69, 9.17) is 14.0 Å². The van der Waals surface area contributed by atoms with E-state index in [2.05, 4.69) is 10.6 Å². The lowest BCUT2D eigenvalue weighted by atomic mass is 10.2. The molecule has 0 aliphatic rings. The van der Waals surface area contributed by atoms with Crippen LogP contribution in [-0.2, 0) is 31.8 Å². The molecule has 4 aromatic rings. The van der Waals surface area contributed by atoms with Crippen LogP contribution in [0.2, 0.25) is 0 Å². The van der Waals surface area contributed by atoms with Crippen molar-refractivity contribution < 1.29 is 28.2 Å². The molecule has 0 radical (unpaired) electrons. The van der Waals surface area contributed by atoms with Gasteiger partial charge in [0.1, 0.15) is 13.2 Å². The van der Waals surface area contributed by atoms with Gasteiger partial charge in [0.2, 0.25) is 0 Å². The number of carbonyl (C=O) groups is 2. The predicted octanol–water partition coefficient (Wildman–Crippen LogP) is 6.45. The van der Waals surface area contributed by atoms with Crippen LogP contribution in [0, 0.1) is 0 Å². The van der Waals surface area contributed by atoms with E-state index >= 15 is 0 Å². The van der Waals surface area contributed by atoms with E-state index in [1.807, 2.05) is 60.7 Å². The van der Waals surface area contributed by atoms with Gasteiger partial charge >= 0.3 is 12.2 Å². The Morgan fingerprint density at radius 2 is 1.00 bits per heavy atom. The average molecular weight is 545 g/mol. The van der Waals surface area contributed by atoms with Crippen molar-refractivity contribution in [3.8, 4) is 0 Å². The first-order valence-corrected chi connectivity index (χ1v) is 14.0. The summed E-state index contributed by atoms with van der Waals surface area (Å²) in [6.07, 6.45) is -1.19. The van der Waals surface area contributed by atoms with E-state index in [-0.39, 0.29) is 19.8 Å². The highest BCUT2D eigenvalue weighted by molar-refractivity contribution is 7.74. The first kappa shape index (κ1) is 27.6. The van der Waals surface area contributed by atoms with Gasteiger partial charge in [0.25, 0.3) is 7.37 Å². The van der Waals surface area contributed by atoms with E-state index in [1.54, 1.807) is 55.5 Å². The zero-order valence-electron chi connectivity index (χ0n) is 21.4. The van der Waals surface area contributed by atoms with E-state index in [0.717, 1.165) is 11.1 Å². The minimum Gasteiger partial charge on any atom is -0.444 e. The van der Waals surface area contributed by atoms with Gasteiger partial charge in [0, 0.05) is 22.0 Å². The quantitative estimate of drug-likeness (QED) is 0.223. The summed E-state index contributed by atoms with van der Waals surface area (Å²) in [6, 6.07) is 31.9. The highest BCUT2D eigenvalue weighted by Gasteiger charge is 2.28. The van der Waals surface area contributed by atoms with Crippen molar-refractivity contribution in [2.24, 2.45) is 0 Å². The third kappa shape index (κ3) is 7.80. The van der Waals surface area contributed by atoms with E-state index in [9.17, 15) is 14.2 Å². The summed E-state index contributed by atoms with van der Waals surface area (Å²) in [5.74, 6) is 0. The van der Waals surface area contributed by atoms with E-state index in [0.29, 0.717) is 22.0 Å². The molecule has 0 heterocycles. The van der Waals surface area contributed by atoms with Gasteiger partial charge in [-0.05, 0) is 66.6 Å². The summed E-state index contributed by atoms with van der Waals surface area (Å²) >= 11 is 0. The first-order chi connectivity index (χ1) is 19.0. The van der Waals surface area contributed by atoms with Gasteiger partial charge in [-0.2, -0.15) is 0 Å². The Morgan fingerprint density at radius 1 is 0.615 bits per heavy atom. The second-order valence-corrected chi connectivity index (χ2v) is 10.8. The van der Waals surface area contributed by atoms with Gasteiger partial charge in [0.05, 0.1) is 6.61 Å². The average Bonchev–Trinajstić information content (AvgIpc) is 2.97. The maximum Gasteiger partial charge on any atom is 0.411 e. The molecule has 0 fully saturated rings. The molecule has 0 aliphatic carbocycles. The van der Waals surface area contributed by atoms with Crippen LogP contribution >= 0.6 is 7.37 Å². The maximum absolute atomic E-state index is 14.0. The number of hydrogen-bond donors (Lipinski definition) is 2. The van der Waals surface area contributed by atoms with E-state index < -0.39 is 19.6 Å². The standard InChI is InChI=1S/C30H29N2O6P/c1-2-38-39(35,27-17-13-25(14-18-27)31-29(33)36-21-23-9-5-3-6-10-23)28-19-15-26(16-20-28)32-30(34)37-22-24-11-7-4-8-12-24/h3-20H,2,21-22H2,1H3,(H,31,33)(H,32,34). The van der Waals surface area contributed by atoms with Crippen molar-refractivity contribution in [1.82, 2.24) is 0 Å². The molecule has 200 valence electrons. The van der Waals surface area contributed by atoms with Crippen molar-refractivity contribution in [2.75, 3.05) is 17.2 Å². The molecule has 4 aromatic carbocycles. The number of ether oxygens (including phenoxy) is 2. The second-order valence-electron chi connectivity index (χ2n) is 8.44. The number of carbonyl (C=O) groups excluding carboxylic acids is 2. The smallest absolute Gasteiger partial charge is 0.411 e. The summed E-state index contributed by atoms with van der Waals surface area (Å²) in [5, 5.41) is 6.27. The van der Waals surface area contributed by atoms with Crippen LogP contribution in [0.15, 0.2) is 109 Å². The van der Waals surface area contributed by atoms with Crippen LogP contribution < -0.4 is 21.2 Å². The molecule has 0 bridgehead atoms. The summed E-state index contributed by atoms with van der Waals surface area (Å²) in [4.78, 5) is 24.3. The molecular formula is C30H29N2O6P. The van der Waals surface area contributed by atoms with Crippen LogP contribution in [-0.4, -0.2) is 18.8 Å². The zero-order chi connectivity index (χ0) is 27.5. The van der Waals surface area contributed by atoms with Gasteiger partial charge < -0.3 is 14.0 Å². The van der Waals surface area contributed by atoms with Crippen molar-refractivity contribution in [2.45, 2.75) is 20.1 Å². The summed E-state index contributed by atoms with van der Waals surface area (Å²) in [7, 11) is -3.43. The molecule has 9 heteroatoms. The van der Waals surface area contributed by atoms with Gasteiger partial charge in [-0.15, -0.1) is 0 Å². The van der Waals surface area contributed by atoms with Crippen molar-refractivity contribution in [3.05, 3.63) is 120 Å². The van der Waals surface area contributed by atoms with Crippen molar-refractivity contribution in [1.29, 1.82) is 0 Å². The zero-order valence-corrected chi connectivity index (χ0v) is 22.3. The molecule has 2 N–H and O–H groups in total. The molecule has 0 atom stereocenters. The summed E-state index contributed by atoms with van der Waals surface area (Å²) in [6.45, 7) is 2.30. The molecule has 4 rings (SSSR count). The fourth-order valence-corrected chi connectivity index (χ4v) is 5.76. The largest absolute Gasteiger partial charge is 0.444 e. The fourth-order valence-electron chi connectivity index (χ4n) is 3.72. The Kier molecular flexibility index (Phi) is 9.51. The molecule has 39 heavy (non-hydrogen) atoms. The number of anilines is 2. The highest BCUT2D eigenvalue weighted by atomic mass is 31.2. The summed E-state index contributed by atoms with van der Waals surface area (Å²) in [5.41, 5.74) is 2.75. The second kappa shape index (κ2) is 13.4. The monoisotopic (exact) mass is 544 g/mol. The van der Waals surface area contributed by atoms with Crippen LogP contribution in [0.1, 0.15) is 18.1 Å². The lowest BCUT2D eigenvalue weighted by molar-refractivity contribution is 0.154. The lowest BCUT2D eigenvalue weighted by Crippen LogP contribution is -2.20. The molecule has 0 saturated heterocycles.